The second kappa shape index (κ2) is 20.3. The first kappa shape index (κ1) is 56.9. The van der Waals surface area contributed by atoms with Crippen LogP contribution in [0.15, 0.2) is 182 Å². The smallest absolute Gasteiger partial charge is 0.264 e. The molecule has 84 heavy (non-hydrogen) atoms. The maximum atomic E-state index is 2.68. The monoisotopic (exact) mass is 1120 g/mol. The molecule has 0 saturated heterocycles. The van der Waals surface area contributed by atoms with Crippen LogP contribution in [0.4, 0.5) is 51.2 Å². The quantitative estimate of drug-likeness (QED) is 0.147. The zero-order valence-corrected chi connectivity index (χ0v) is 54.0. The van der Waals surface area contributed by atoms with Gasteiger partial charge >= 0.3 is 0 Å². The molecule has 0 saturated carbocycles. The van der Waals surface area contributed by atoms with Gasteiger partial charge in [0.05, 0.1) is 11.4 Å². The number of aryl methyl sites for hydroxylation is 3. The Hall–Kier alpha value is -7.60. The van der Waals surface area contributed by atoms with E-state index in [0.29, 0.717) is 0 Å². The minimum absolute atomic E-state index is 0.00142. The fourth-order valence-electron chi connectivity index (χ4n) is 13.2. The van der Waals surface area contributed by atoms with E-state index in [1.54, 1.807) is 0 Å². The van der Waals surface area contributed by atoms with Crippen molar-refractivity contribution in [2.45, 2.75) is 152 Å². The zero-order chi connectivity index (χ0) is 59.7. The Morgan fingerprint density at radius 3 is 1.40 bits per heavy atom. The number of benzene rings is 9. The van der Waals surface area contributed by atoms with Crippen LogP contribution in [0.1, 0.15) is 148 Å². The lowest BCUT2D eigenvalue weighted by Gasteiger charge is -2.44. The number of anilines is 9. The van der Waals surface area contributed by atoms with E-state index in [2.05, 4.69) is 321 Å². The van der Waals surface area contributed by atoms with Gasteiger partial charge in [0.25, 0.3) is 6.71 Å². The molecule has 0 spiro atoms. The van der Waals surface area contributed by atoms with Gasteiger partial charge in [-0.1, -0.05) is 206 Å². The molecular formula is C79H84BN3S. The average Bonchev–Trinajstić information content (AvgIpc) is 1.23. The molecule has 3 heterocycles. The van der Waals surface area contributed by atoms with Crippen molar-refractivity contribution in [3.63, 3.8) is 0 Å². The van der Waals surface area contributed by atoms with Gasteiger partial charge in [-0.15, -0.1) is 11.3 Å². The van der Waals surface area contributed by atoms with Gasteiger partial charge in [0.1, 0.15) is 0 Å². The first-order valence-corrected chi connectivity index (χ1v) is 31.3. The van der Waals surface area contributed by atoms with E-state index in [0.717, 1.165) is 28.4 Å². The summed E-state index contributed by atoms with van der Waals surface area (Å²) >= 11 is 1.97. The molecule has 12 rings (SSSR count). The highest BCUT2D eigenvalue weighted by atomic mass is 32.1. The highest BCUT2D eigenvalue weighted by Gasteiger charge is 2.46. The van der Waals surface area contributed by atoms with Crippen molar-refractivity contribution in [3.05, 3.63) is 226 Å². The van der Waals surface area contributed by atoms with Crippen molar-refractivity contribution in [1.82, 2.24) is 0 Å². The summed E-state index contributed by atoms with van der Waals surface area (Å²) in [4.78, 5) is 7.81. The standard InChI is InChI=1S/C79H84BN3S/c1-49-42-50(2)71(51(3)43-49)63-46-57(78(13,14)15)30-40-66(63)83-67-48-62(81(59-32-24-54(25-33-59)75(4,5)6)60-34-26-55(27-35-60)76(7,8)9)38-39-65(67)80-72-68(44-53(45-69(72)83)52-22-20-19-21-23-52)82(61-36-28-56(29-37-61)77(10,11)12)73-64-47-58(79(16,17)18)31-41-70(64)84-74(73)80/h19-48H,1-18H3. The molecule has 0 radical (unpaired) electrons. The van der Waals surface area contributed by atoms with Gasteiger partial charge in [-0.25, -0.2) is 0 Å². The maximum Gasteiger partial charge on any atom is 0.264 e. The predicted octanol–water partition coefficient (Wildman–Crippen LogP) is 21.2. The number of hydrogen-bond donors (Lipinski definition) is 0. The van der Waals surface area contributed by atoms with Gasteiger partial charge in [0.15, 0.2) is 0 Å². The van der Waals surface area contributed by atoms with E-state index < -0.39 is 0 Å². The summed E-state index contributed by atoms with van der Waals surface area (Å²) < 4.78 is 2.67. The Bertz CT molecular complexity index is 4090. The van der Waals surface area contributed by atoms with Crippen LogP contribution in [-0.4, -0.2) is 6.71 Å². The summed E-state index contributed by atoms with van der Waals surface area (Å²) in [5, 5.41) is 1.30. The van der Waals surface area contributed by atoms with Crippen molar-refractivity contribution < 1.29 is 0 Å². The fraction of sp³-hybridized carbons (Fsp3) is 0.291. The number of fused-ring (bicyclic) bond motifs is 6. The van der Waals surface area contributed by atoms with Crippen LogP contribution in [0.3, 0.4) is 0 Å². The summed E-state index contributed by atoms with van der Waals surface area (Å²) in [7, 11) is 0. The molecule has 0 fully saturated rings. The summed E-state index contributed by atoms with van der Waals surface area (Å²) in [5.74, 6) is 0. The lowest BCUT2D eigenvalue weighted by molar-refractivity contribution is 0.590. The molecule has 2 aliphatic rings. The first-order chi connectivity index (χ1) is 39.5. The third-order valence-electron chi connectivity index (χ3n) is 17.9. The van der Waals surface area contributed by atoms with E-state index in [4.69, 9.17) is 0 Å². The fourth-order valence-corrected chi connectivity index (χ4v) is 14.5. The van der Waals surface area contributed by atoms with Gasteiger partial charge in [-0.05, 0) is 199 Å². The van der Waals surface area contributed by atoms with Crippen molar-refractivity contribution in [1.29, 1.82) is 0 Å². The van der Waals surface area contributed by atoms with Crippen molar-refractivity contribution in [2.24, 2.45) is 0 Å². The number of hydrogen-bond acceptors (Lipinski definition) is 4. The topological polar surface area (TPSA) is 9.72 Å². The third kappa shape index (κ3) is 10.1. The van der Waals surface area contributed by atoms with Gasteiger partial charge in [-0.3, -0.25) is 0 Å². The molecule has 0 atom stereocenters. The molecule has 1 aromatic heterocycles. The summed E-state index contributed by atoms with van der Waals surface area (Å²) in [6.07, 6.45) is 0. The Labute approximate surface area is 507 Å². The van der Waals surface area contributed by atoms with Gasteiger partial charge in [0, 0.05) is 60.2 Å². The predicted molar refractivity (Wildman–Crippen MR) is 369 cm³/mol. The molecular weight excluding hydrogens is 1030 g/mol. The second-order valence-electron chi connectivity index (χ2n) is 29.4. The minimum atomic E-state index is -0.0940. The molecule has 0 amide bonds. The van der Waals surface area contributed by atoms with E-state index in [1.165, 1.54) is 115 Å². The van der Waals surface area contributed by atoms with Crippen LogP contribution in [0.25, 0.3) is 32.3 Å². The number of rotatable bonds is 7. The Balaban J connectivity index is 1.23. The molecule has 0 N–H and O–H groups in total. The van der Waals surface area contributed by atoms with E-state index >= 15 is 0 Å². The SMILES string of the molecule is Cc1cc(C)c(-c2cc(C(C)(C)C)ccc2N2c3cc(N(c4ccc(C(C)(C)C)cc4)c4ccc(C(C)(C)C)cc4)ccc3B3c4sc5ccc(C(C)(C)C)cc5c4N(c4ccc(C(C)(C)C)cc4)c4cc(-c5ccccc5)cc2c43)c(C)c1. The molecule has 2 aliphatic heterocycles. The van der Waals surface area contributed by atoms with Crippen LogP contribution in [0.5, 0.6) is 0 Å². The van der Waals surface area contributed by atoms with Crippen LogP contribution in [-0.2, 0) is 27.1 Å². The lowest BCUT2D eigenvalue weighted by atomic mass is 9.36. The number of nitrogens with zero attached hydrogens (tertiary/aromatic N) is 3. The Kier molecular flexibility index (Phi) is 13.7. The Morgan fingerprint density at radius 1 is 0.393 bits per heavy atom. The largest absolute Gasteiger partial charge is 0.311 e. The molecule has 0 aliphatic carbocycles. The molecule has 3 nitrogen and oxygen atoms in total. The van der Waals surface area contributed by atoms with Gasteiger partial charge in [-0.2, -0.15) is 0 Å². The first-order valence-electron chi connectivity index (χ1n) is 30.4. The van der Waals surface area contributed by atoms with Crippen LogP contribution >= 0.6 is 11.3 Å². The summed E-state index contributed by atoms with van der Waals surface area (Å²) in [6, 6.07) is 71.1. The molecule has 5 heteroatoms. The van der Waals surface area contributed by atoms with Crippen molar-refractivity contribution in [2.75, 3.05) is 14.7 Å². The highest BCUT2D eigenvalue weighted by Crippen LogP contribution is 2.53. The van der Waals surface area contributed by atoms with Crippen LogP contribution in [0, 0.1) is 20.8 Å². The molecule has 424 valence electrons. The normalized spacial score (nSPS) is 13.5. The van der Waals surface area contributed by atoms with Crippen LogP contribution in [0.2, 0.25) is 0 Å². The van der Waals surface area contributed by atoms with Gasteiger partial charge in [0.2, 0.25) is 0 Å². The van der Waals surface area contributed by atoms with E-state index in [-0.39, 0.29) is 33.8 Å². The maximum absolute atomic E-state index is 2.68. The zero-order valence-electron chi connectivity index (χ0n) is 53.1. The Morgan fingerprint density at radius 2 is 0.869 bits per heavy atom. The van der Waals surface area contributed by atoms with Gasteiger partial charge < -0.3 is 14.7 Å². The molecule has 9 aromatic carbocycles. The van der Waals surface area contributed by atoms with E-state index in [9.17, 15) is 0 Å². The second-order valence-corrected chi connectivity index (χ2v) is 30.5. The van der Waals surface area contributed by atoms with E-state index in [1.807, 2.05) is 11.3 Å². The summed E-state index contributed by atoms with van der Waals surface area (Å²) in [6.45, 7) is 41.6. The third-order valence-corrected chi connectivity index (χ3v) is 19.1. The number of thiophene rings is 1. The van der Waals surface area contributed by atoms with Crippen molar-refractivity contribution >= 4 is 95.0 Å². The minimum Gasteiger partial charge on any atom is -0.311 e. The average molecular weight is 1120 g/mol. The molecule has 10 aromatic rings. The van der Waals surface area contributed by atoms with Crippen LogP contribution < -0.4 is 30.4 Å². The highest BCUT2D eigenvalue weighted by molar-refractivity contribution is 7.33. The molecule has 0 bridgehead atoms. The molecule has 0 unspecified atom stereocenters. The summed E-state index contributed by atoms with van der Waals surface area (Å²) in [5.41, 5.74) is 28.3. The lowest BCUT2D eigenvalue weighted by Crippen LogP contribution is -2.60. The van der Waals surface area contributed by atoms with Crippen molar-refractivity contribution in [3.8, 4) is 22.3 Å².